The summed E-state index contributed by atoms with van der Waals surface area (Å²) in [6.45, 7) is 4.93. The van der Waals surface area contributed by atoms with Crippen molar-refractivity contribution in [2.45, 2.75) is 44.7 Å². The molecule has 0 radical (unpaired) electrons. The number of anilines is 1. The first-order valence-corrected chi connectivity index (χ1v) is 13.4. The Morgan fingerprint density at radius 3 is 2.03 bits per heavy atom. The minimum Gasteiger partial charge on any atom is -0.357 e. The molecule has 196 valence electrons. The van der Waals surface area contributed by atoms with Crippen LogP contribution in [0.15, 0.2) is 77.7 Å². The highest BCUT2D eigenvalue weighted by Gasteiger charge is 2.34. The van der Waals surface area contributed by atoms with E-state index < -0.39 is 34.3 Å². The molecule has 0 saturated heterocycles. The van der Waals surface area contributed by atoms with Crippen LogP contribution in [0.3, 0.4) is 0 Å². The van der Waals surface area contributed by atoms with Crippen LogP contribution in [0, 0.1) is 19.7 Å². The predicted molar refractivity (Wildman–Crippen MR) is 142 cm³/mol. The van der Waals surface area contributed by atoms with Crippen LogP contribution < -0.4 is 9.62 Å². The number of halogens is 1. The maximum Gasteiger partial charge on any atom is 0.264 e. The van der Waals surface area contributed by atoms with E-state index >= 15 is 0 Å². The van der Waals surface area contributed by atoms with Crippen molar-refractivity contribution < 1.29 is 22.4 Å². The molecule has 3 aromatic carbocycles. The van der Waals surface area contributed by atoms with Gasteiger partial charge >= 0.3 is 0 Å². The minimum absolute atomic E-state index is 0.0717. The van der Waals surface area contributed by atoms with Gasteiger partial charge in [-0.2, -0.15) is 0 Å². The van der Waals surface area contributed by atoms with Gasteiger partial charge in [-0.15, -0.1) is 0 Å². The number of para-hydroxylation sites is 1. The average Bonchev–Trinajstić information content (AvgIpc) is 2.88. The molecule has 0 aliphatic rings. The molecule has 0 heterocycles. The monoisotopic (exact) mass is 525 g/mol. The highest BCUT2D eigenvalue weighted by atomic mass is 32.2. The maximum atomic E-state index is 14.9. The summed E-state index contributed by atoms with van der Waals surface area (Å²) in [5.74, 6) is -1.79. The van der Waals surface area contributed by atoms with E-state index in [0.29, 0.717) is 6.42 Å². The zero-order valence-corrected chi connectivity index (χ0v) is 22.3. The topological polar surface area (TPSA) is 86.8 Å². The maximum absolute atomic E-state index is 14.9. The summed E-state index contributed by atoms with van der Waals surface area (Å²) < 4.78 is 43.0. The molecule has 3 rings (SSSR count). The zero-order valence-electron chi connectivity index (χ0n) is 21.4. The molecule has 37 heavy (non-hydrogen) atoms. The van der Waals surface area contributed by atoms with Crippen molar-refractivity contribution in [1.29, 1.82) is 0 Å². The summed E-state index contributed by atoms with van der Waals surface area (Å²) in [6.07, 6.45) is 0.307. The Labute approximate surface area is 218 Å². The van der Waals surface area contributed by atoms with Crippen LogP contribution in [-0.4, -0.2) is 44.8 Å². The number of amides is 2. The molecule has 0 unspecified atom stereocenters. The lowest BCUT2D eigenvalue weighted by Crippen LogP contribution is -2.51. The van der Waals surface area contributed by atoms with Gasteiger partial charge in [0.15, 0.2) is 0 Å². The molecule has 2 amide bonds. The van der Waals surface area contributed by atoms with Crippen molar-refractivity contribution in [3.05, 3.63) is 95.3 Å². The second kappa shape index (κ2) is 12.0. The molecule has 7 nitrogen and oxygen atoms in total. The van der Waals surface area contributed by atoms with E-state index in [-0.39, 0.29) is 23.0 Å². The van der Waals surface area contributed by atoms with Crippen LogP contribution in [0.25, 0.3) is 0 Å². The Morgan fingerprint density at radius 2 is 1.49 bits per heavy atom. The first kappa shape index (κ1) is 27.9. The third-order valence-corrected chi connectivity index (χ3v) is 7.89. The van der Waals surface area contributed by atoms with Gasteiger partial charge in [0.25, 0.3) is 10.0 Å². The number of nitrogens with one attached hydrogen (secondary N) is 1. The number of nitrogens with zero attached hydrogens (tertiary/aromatic N) is 2. The molecule has 0 saturated carbocycles. The van der Waals surface area contributed by atoms with Crippen molar-refractivity contribution in [2.24, 2.45) is 0 Å². The fraction of sp³-hybridized carbons (Fsp3) is 0.286. The molecule has 0 spiro atoms. The first-order chi connectivity index (χ1) is 17.6. The predicted octanol–water partition coefficient (Wildman–Crippen LogP) is 4.19. The average molecular weight is 526 g/mol. The van der Waals surface area contributed by atoms with Gasteiger partial charge < -0.3 is 10.2 Å². The second-order valence-electron chi connectivity index (χ2n) is 8.82. The highest BCUT2D eigenvalue weighted by molar-refractivity contribution is 7.92. The molecular formula is C28H32FN3O4S. The molecule has 0 aromatic heterocycles. The van der Waals surface area contributed by atoms with E-state index in [1.807, 2.05) is 38.1 Å². The van der Waals surface area contributed by atoms with Crippen molar-refractivity contribution in [3.63, 3.8) is 0 Å². The van der Waals surface area contributed by atoms with Gasteiger partial charge in [-0.25, -0.2) is 12.8 Å². The number of carbonyl (C=O) groups is 2. The number of aryl methyl sites for hydroxylation is 2. The molecule has 0 fully saturated rings. The summed E-state index contributed by atoms with van der Waals surface area (Å²) in [5.41, 5.74) is 2.42. The minimum atomic E-state index is -4.31. The van der Waals surface area contributed by atoms with E-state index in [2.05, 4.69) is 5.32 Å². The third kappa shape index (κ3) is 6.54. The lowest BCUT2D eigenvalue weighted by Gasteiger charge is -2.33. The molecule has 0 aliphatic carbocycles. The van der Waals surface area contributed by atoms with Gasteiger partial charge in [-0.3, -0.25) is 13.9 Å². The lowest BCUT2D eigenvalue weighted by molar-refractivity contribution is -0.140. The molecule has 3 aromatic rings. The SMILES string of the molecule is CC[C@@H](C(=O)NC)N(Cc1ccc(C)cc1)C(=O)CN(c1ccccc1F)S(=O)(=O)c1ccc(C)cc1. The van der Waals surface area contributed by atoms with Crippen molar-refractivity contribution in [1.82, 2.24) is 10.2 Å². The van der Waals surface area contributed by atoms with Gasteiger partial charge in [0.2, 0.25) is 11.8 Å². The number of hydrogen-bond acceptors (Lipinski definition) is 4. The Balaban J connectivity index is 2.06. The molecule has 1 N–H and O–H groups in total. The van der Waals surface area contributed by atoms with Crippen LogP contribution in [0.4, 0.5) is 10.1 Å². The summed E-state index contributed by atoms with van der Waals surface area (Å²) in [4.78, 5) is 27.8. The molecule has 0 aliphatic heterocycles. The van der Waals surface area contributed by atoms with E-state index in [9.17, 15) is 22.4 Å². The normalized spacial score (nSPS) is 12.0. The molecule has 0 bridgehead atoms. The third-order valence-electron chi connectivity index (χ3n) is 6.11. The van der Waals surface area contributed by atoms with Crippen LogP contribution >= 0.6 is 0 Å². The Hall–Kier alpha value is -3.72. The van der Waals surface area contributed by atoms with Gasteiger partial charge in [0.05, 0.1) is 10.6 Å². The van der Waals surface area contributed by atoms with Gasteiger partial charge in [0, 0.05) is 13.6 Å². The largest absolute Gasteiger partial charge is 0.357 e. The van der Waals surface area contributed by atoms with Gasteiger partial charge in [-0.05, 0) is 50.1 Å². The number of rotatable bonds is 10. The van der Waals surface area contributed by atoms with E-state index in [4.69, 9.17) is 0 Å². The number of carbonyl (C=O) groups excluding carboxylic acids is 2. The van der Waals surface area contributed by atoms with Crippen molar-refractivity contribution in [3.8, 4) is 0 Å². The van der Waals surface area contributed by atoms with Crippen molar-refractivity contribution in [2.75, 3.05) is 17.9 Å². The van der Waals surface area contributed by atoms with Crippen LogP contribution in [0.2, 0.25) is 0 Å². The lowest BCUT2D eigenvalue weighted by atomic mass is 10.1. The summed E-state index contributed by atoms with van der Waals surface area (Å²) in [7, 11) is -2.83. The number of benzene rings is 3. The zero-order chi connectivity index (χ0) is 27.2. The van der Waals surface area contributed by atoms with Gasteiger partial charge in [0.1, 0.15) is 18.4 Å². The standard InChI is InChI=1S/C28H32FN3O4S/c1-5-25(28(34)30-4)31(18-22-14-10-20(2)11-15-22)27(33)19-32(26-9-7-6-8-24(26)29)37(35,36)23-16-12-21(3)13-17-23/h6-17,25H,5,18-19H2,1-4H3,(H,30,34)/t25-/m0/s1. The molecule has 1 atom stereocenters. The Morgan fingerprint density at radius 1 is 0.919 bits per heavy atom. The number of likely N-dealkylation sites (N-methyl/N-ethyl adjacent to an activating group) is 1. The van der Waals surface area contributed by atoms with E-state index in [0.717, 1.165) is 27.1 Å². The van der Waals surface area contributed by atoms with Crippen LogP contribution in [-0.2, 0) is 26.2 Å². The smallest absolute Gasteiger partial charge is 0.264 e. The van der Waals surface area contributed by atoms with Gasteiger partial charge in [-0.1, -0.05) is 66.6 Å². The fourth-order valence-corrected chi connectivity index (χ4v) is 5.40. The number of hydrogen-bond donors (Lipinski definition) is 1. The molecular weight excluding hydrogens is 493 g/mol. The highest BCUT2D eigenvalue weighted by Crippen LogP contribution is 2.27. The van der Waals surface area contributed by atoms with E-state index in [1.165, 1.54) is 42.3 Å². The van der Waals surface area contributed by atoms with Crippen molar-refractivity contribution >= 4 is 27.5 Å². The Kier molecular flexibility index (Phi) is 9.04. The second-order valence-corrected chi connectivity index (χ2v) is 10.7. The first-order valence-electron chi connectivity index (χ1n) is 12.0. The summed E-state index contributed by atoms with van der Waals surface area (Å²) >= 11 is 0. The fourth-order valence-electron chi connectivity index (χ4n) is 3.98. The summed E-state index contributed by atoms with van der Waals surface area (Å²) in [6, 6.07) is 18.2. The summed E-state index contributed by atoms with van der Waals surface area (Å²) in [5, 5.41) is 2.58. The van der Waals surface area contributed by atoms with Crippen LogP contribution in [0.5, 0.6) is 0 Å². The van der Waals surface area contributed by atoms with Crippen LogP contribution in [0.1, 0.15) is 30.0 Å². The number of sulfonamides is 1. The Bertz CT molecular complexity index is 1340. The quantitative estimate of drug-likeness (QED) is 0.430. The van der Waals surface area contributed by atoms with E-state index in [1.54, 1.807) is 19.1 Å². The molecule has 9 heteroatoms.